The molecule has 0 spiro atoms. The summed E-state index contributed by atoms with van der Waals surface area (Å²) in [5.41, 5.74) is 3.30. The molecule has 20 heavy (non-hydrogen) atoms. The van der Waals surface area contributed by atoms with Gasteiger partial charge in [0.05, 0.1) is 7.11 Å². The Balaban J connectivity index is 2.01. The number of nitrogens with one attached hydrogen (secondary N) is 1. The smallest absolute Gasteiger partial charge is 0.221 e. The van der Waals surface area contributed by atoms with Crippen LogP contribution in [0.5, 0.6) is 5.75 Å². The Hall–Kier alpha value is -2.29. The van der Waals surface area contributed by atoms with Gasteiger partial charge in [-0.15, -0.1) is 0 Å². The molecule has 0 unspecified atom stereocenters. The first-order chi connectivity index (χ1) is 9.67. The molecule has 104 valence electrons. The van der Waals surface area contributed by atoms with Gasteiger partial charge < -0.3 is 10.1 Å². The molecule has 0 saturated carbocycles. The van der Waals surface area contributed by atoms with Gasteiger partial charge in [-0.1, -0.05) is 24.3 Å². The van der Waals surface area contributed by atoms with E-state index in [1.54, 1.807) is 7.11 Å². The van der Waals surface area contributed by atoms with E-state index >= 15 is 0 Å². The van der Waals surface area contributed by atoms with Gasteiger partial charge in [-0.2, -0.15) is 0 Å². The van der Waals surface area contributed by atoms with Gasteiger partial charge in [0.2, 0.25) is 5.91 Å². The molecule has 0 saturated heterocycles. The number of carbonyl (C=O) groups is 1. The van der Waals surface area contributed by atoms with Crippen molar-refractivity contribution in [2.45, 2.75) is 19.8 Å². The van der Waals surface area contributed by atoms with Gasteiger partial charge in [-0.25, -0.2) is 0 Å². The molecule has 0 bridgehead atoms. The molecule has 0 aliphatic rings. The summed E-state index contributed by atoms with van der Waals surface area (Å²) in [5, 5.41) is 2.80. The maximum atomic E-state index is 11.0. The highest BCUT2D eigenvalue weighted by molar-refractivity contribution is 5.88. The molecule has 1 amide bonds. The lowest BCUT2D eigenvalue weighted by molar-refractivity contribution is -0.114. The zero-order valence-electron chi connectivity index (χ0n) is 11.8. The molecule has 0 aliphatic heterocycles. The van der Waals surface area contributed by atoms with Crippen molar-refractivity contribution in [2.75, 3.05) is 12.4 Å². The second kappa shape index (κ2) is 6.75. The van der Waals surface area contributed by atoms with Gasteiger partial charge in [-0.05, 0) is 48.2 Å². The first-order valence-electron chi connectivity index (χ1n) is 6.67. The van der Waals surface area contributed by atoms with E-state index in [1.807, 2.05) is 30.3 Å². The number of benzene rings is 2. The van der Waals surface area contributed by atoms with E-state index in [-0.39, 0.29) is 5.91 Å². The number of anilines is 1. The summed E-state index contributed by atoms with van der Waals surface area (Å²) in [6.07, 6.45) is 1.88. The van der Waals surface area contributed by atoms with Crippen molar-refractivity contribution in [1.82, 2.24) is 0 Å². The quantitative estimate of drug-likeness (QED) is 0.903. The second-order valence-corrected chi connectivity index (χ2v) is 4.73. The lowest BCUT2D eigenvalue weighted by Gasteiger charge is -2.07. The van der Waals surface area contributed by atoms with Gasteiger partial charge in [0.25, 0.3) is 0 Å². The summed E-state index contributed by atoms with van der Waals surface area (Å²) in [4.78, 5) is 11.0. The van der Waals surface area contributed by atoms with Crippen molar-refractivity contribution in [3.05, 3.63) is 59.7 Å². The van der Waals surface area contributed by atoms with E-state index in [2.05, 4.69) is 23.5 Å². The van der Waals surface area contributed by atoms with Crippen LogP contribution in [0.25, 0.3) is 0 Å². The van der Waals surface area contributed by atoms with Crippen molar-refractivity contribution in [3.63, 3.8) is 0 Å². The van der Waals surface area contributed by atoms with Gasteiger partial charge >= 0.3 is 0 Å². The van der Waals surface area contributed by atoms with Gasteiger partial charge in [0, 0.05) is 12.6 Å². The normalized spacial score (nSPS) is 10.1. The van der Waals surface area contributed by atoms with Gasteiger partial charge in [0.1, 0.15) is 5.75 Å². The predicted molar refractivity (Wildman–Crippen MR) is 81.1 cm³/mol. The Kier molecular flexibility index (Phi) is 4.77. The standard InChI is InChI=1S/C17H19NO2/c1-13(19)18-16-7-3-5-14(11-16)9-10-15-6-4-8-17(12-15)20-2/h3-8,11-12H,9-10H2,1-2H3,(H,18,19). The minimum Gasteiger partial charge on any atom is -0.497 e. The highest BCUT2D eigenvalue weighted by atomic mass is 16.5. The molecule has 2 rings (SSSR count). The Bertz CT molecular complexity index is 593. The van der Waals surface area contributed by atoms with E-state index in [9.17, 15) is 4.79 Å². The van der Waals surface area contributed by atoms with Crippen molar-refractivity contribution < 1.29 is 9.53 Å². The number of methoxy groups -OCH3 is 1. The Labute approximate surface area is 119 Å². The zero-order chi connectivity index (χ0) is 14.4. The van der Waals surface area contributed by atoms with Crippen LogP contribution in [0.3, 0.4) is 0 Å². The minimum atomic E-state index is -0.0463. The molecule has 1 N–H and O–H groups in total. The third kappa shape index (κ3) is 4.12. The van der Waals surface area contributed by atoms with Crippen LogP contribution < -0.4 is 10.1 Å². The van der Waals surface area contributed by atoms with Crippen LogP contribution in [0.15, 0.2) is 48.5 Å². The van der Waals surface area contributed by atoms with Crippen molar-refractivity contribution in [1.29, 1.82) is 0 Å². The van der Waals surface area contributed by atoms with Crippen molar-refractivity contribution >= 4 is 11.6 Å². The van der Waals surface area contributed by atoms with Crippen LogP contribution in [-0.2, 0) is 17.6 Å². The molecule has 3 heteroatoms. The maximum absolute atomic E-state index is 11.0. The molecule has 3 nitrogen and oxygen atoms in total. The van der Waals surface area contributed by atoms with Crippen LogP contribution in [0.1, 0.15) is 18.1 Å². The number of ether oxygens (including phenoxy) is 1. The number of rotatable bonds is 5. The average molecular weight is 269 g/mol. The fourth-order valence-corrected chi connectivity index (χ4v) is 2.12. The summed E-state index contributed by atoms with van der Waals surface area (Å²) in [6, 6.07) is 16.1. The molecule has 0 aromatic heterocycles. The molecule has 0 aliphatic carbocycles. The van der Waals surface area contributed by atoms with Crippen LogP contribution in [0.4, 0.5) is 5.69 Å². The number of amides is 1. The number of aryl methyl sites for hydroxylation is 2. The Morgan fingerprint density at radius 1 is 1.05 bits per heavy atom. The lowest BCUT2D eigenvalue weighted by atomic mass is 10.0. The maximum Gasteiger partial charge on any atom is 0.221 e. The molecule has 0 fully saturated rings. The topological polar surface area (TPSA) is 38.3 Å². The van der Waals surface area contributed by atoms with Crippen LogP contribution >= 0.6 is 0 Å². The van der Waals surface area contributed by atoms with Gasteiger partial charge in [0.15, 0.2) is 0 Å². The second-order valence-electron chi connectivity index (χ2n) is 4.73. The average Bonchev–Trinajstić information content (AvgIpc) is 2.45. The molecular formula is C17H19NO2. The minimum absolute atomic E-state index is 0.0463. The molecule has 0 radical (unpaired) electrons. The molecule has 0 atom stereocenters. The molecule has 0 heterocycles. The summed E-state index contributed by atoms with van der Waals surface area (Å²) in [7, 11) is 1.68. The largest absolute Gasteiger partial charge is 0.497 e. The van der Waals surface area contributed by atoms with Crippen LogP contribution in [0, 0.1) is 0 Å². The third-order valence-electron chi connectivity index (χ3n) is 3.08. The van der Waals surface area contributed by atoms with Crippen LogP contribution in [-0.4, -0.2) is 13.0 Å². The first kappa shape index (κ1) is 14.1. The summed E-state index contributed by atoms with van der Waals surface area (Å²) in [5.74, 6) is 0.837. The molecular weight excluding hydrogens is 250 g/mol. The van der Waals surface area contributed by atoms with E-state index in [0.29, 0.717) is 0 Å². The Morgan fingerprint density at radius 2 is 1.70 bits per heavy atom. The SMILES string of the molecule is COc1cccc(CCc2cccc(NC(C)=O)c2)c1. The van der Waals surface area contributed by atoms with Gasteiger partial charge in [-0.3, -0.25) is 4.79 Å². The lowest BCUT2D eigenvalue weighted by Crippen LogP contribution is -2.05. The number of carbonyl (C=O) groups excluding carboxylic acids is 1. The van der Waals surface area contributed by atoms with E-state index in [1.165, 1.54) is 18.1 Å². The summed E-state index contributed by atoms with van der Waals surface area (Å²) < 4.78 is 5.22. The van der Waals surface area contributed by atoms with E-state index < -0.39 is 0 Å². The molecule has 2 aromatic rings. The van der Waals surface area contributed by atoms with Crippen molar-refractivity contribution in [2.24, 2.45) is 0 Å². The molecule has 2 aromatic carbocycles. The van der Waals surface area contributed by atoms with E-state index in [0.717, 1.165) is 24.3 Å². The highest BCUT2D eigenvalue weighted by Crippen LogP contribution is 2.16. The highest BCUT2D eigenvalue weighted by Gasteiger charge is 2.00. The first-order valence-corrected chi connectivity index (χ1v) is 6.67. The summed E-state index contributed by atoms with van der Waals surface area (Å²) >= 11 is 0. The fourth-order valence-electron chi connectivity index (χ4n) is 2.12. The number of hydrogen-bond donors (Lipinski definition) is 1. The zero-order valence-corrected chi connectivity index (χ0v) is 11.8. The predicted octanol–water partition coefficient (Wildman–Crippen LogP) is 3.44. The van der Waals surface area contributed by atoms with Crippen LogP contribution in [0.2, 0.25) is 0 Å². The Morgan fingerprint density at radius 3 is 2.35 bits per heavy atom. The van der Waals surface area contributed by atoms with Crippen molar-refractivity contribution in [3.8, 4) is 5.75 Å². The van der Waals surface area contributed by atoms with E-state index in [4.69, 9.17) is 4.74 Å². The summed E-state index contributed by atoms with van der Waals surface area (Å²) in [6.45, 7) is 1.52. The number of hydrogen-bond acceptors (Lipinski definition) is 2. The fraction of sp³-hybridized carbons (Fsp3) is 0.235. The third-order valence-corrected chi connectivity index (χ3v) is 3.08. The monoisotopic (exact) mass is 269 g/mol.